The molecule has 1 atom stereocenters. The molecule has 0 unspecified atom stereocenters. The number of hydrogen-bond acceptors (Lipinski definition) is 3. The average molecular weight is 256 g/mol. The molecular formula is C15H32N2O. The number of unbranched alkanes of at least 4 members (excludes halogenated alkanes) is 3. The molecule has 1 saturated heterocycles. The quantitative estimate of drug-likeness (QED) is 0.642. The molecule has 18 heavy (non-hydrogen) atoms. The second-order valence-electron chi connectivity index (χ2n) is 5.79. The topological polar surface area (TPSA) is 26.7 Å². The van der Waals surface area contributed by atoms with Crippen molar-refractivity contribution in [2.24, 2.45) is 0 Å². The standard InChI is InChI=1S/C15H32N2O/c1-3-4-8-15(18)9-6-5-7-10-17-13-11-16(2)12-14-17/h15,18H,3-14H2,1-2H3/t15-/m0/s1. The minimum absolute atomic E-state index is 0.0476. The smallest absolute Gasteiger partial charge is 0.0540 e. The first-order chi connectivity index (χ1) is 8.72. The maximum atomic E-state index is 9.74. The third-order valence-corrected chi connectivity index (χ3v) is 4.00. The van der Waals surface area contributed by atoms with Crippen LogP contribution in [-0.4, -0.2) is 60.8 Å². The molecule has 0 radical (unpaired) electrons. The van der Waals surface area contributed by atoms with E-state index in [2.05, 4.69) is 23.8 Å². The fraction of sp³-hybridized carbons (Fsp3) is 1.00. The molecule has 1 N–H and O–H groups in total. The van der Waals surface area contributed by atoms with Gasteiger partial charge in [-0.1, -0.05) is 32.6 Å². The second-order valence-corrected chi connectivity index (χ2v) is 5.79. The van der Waals surface area contributed by atoms with E-state index in [1.54, 1.807) is 0 Å². The van der Waals surface area contributed by atoms with Crippen molar-refractivity contribution in [2.45, 2.75) is 58.0 Å². The van der Waals surface area contributed by atoms with Gasteiger partial charge in [-0.25, -0.2) is 0 Å². The summed E-state index contributed by atoms with van der Waals surface area (Å²) in [7, 11) is 2.20. The van der Waals surface area contributed by atoms with Gasteiger partial charge in [0.05, 0.1) is 6.10 Å². The molecule has 3 heteroatoms. The van der Waals surface area contributed by atoms with E-state index in [4.69, 9.17) is 0 Å². The van der Waals surface area contributed by atoms with Crippen molar-refractivity contribution in [3.05, 3.63) is 0 Å². The Morgan fingerprint density at radius 1 is 0.944 bits per heavy atom. The van der Waals surface area contributed by atoms with Gasteiger partial charge in [-0.05, 0) is 32.9 Å². The Morgan fingerprint density at radius 2 is 1.61 bits per heavy atom. The molecule has 108 valence electrons. The summed E-state index contributed by atoms with van der Waals surface area (Å²) < 4.78 is 0. The lowest BCUT2D eigenvalue weighted by molar-refractivity contribution is 0.141. The van der Waals surface area contributed by atoms with Crippen LogP contribution in [0.15, 0.2) is 0 Å². The van der Waals surface area contributed by atoms with Crippen molar-refractivity contribution in [1.82, 2.24) is 9.80 Å². The molecular weight excluding hydrogens is 224 g/mol. The molecule has 0 bridgehead atoms. The van der Waals surface area contributed by atoms with Crippen LogP contribution in [-0.2, 0) is 0 Å². The molecule has 1 aliphatic heterocycles. The lowest BCUT2D eigenvalue weighted by atomic mass is 10.1. The minimum Gasteiger partial charge on any atom is -0.393 e. The van der Waals surface area contributed by atoms with Crippen LogP contribution in [0.4, 0.5) is 0 Å². The Hall–Kier alpha value is -0.120. The monoisotopic (exact) mass is 256 g/mol. The van der Waals surface area contributed by atoms with Crippen molar-refractivity contribution in [3.8, 4) is 0 Å². The van der Waals surface area contributed by atoms with Gasteiger partial charge in [0, 0.05) is 26.2 Å². The van der Waals surface area contributed by atoms with Crippen LogP contribution >= 0.6 is 0 Å². The van der Waals surface area contributed by atoms with Gasteiger partial charge < -0.3 is 14.9 Å². The highest BCUT2D eigenvalue weighted by Gasteiger charge is 2.12. The number of nitrogens with zero attached hydrogens (tertiary/aromatic N) is 2. The lowest BCUT2D eigenvalue weighted by Crippen LogP contribution is -2.44. The first kappa shape index (κ1) is 15.9. The molecule has 1 aliphatic rings. The summed E-state index contributed by atoms with van der Waals surface area (Å²) >= 11 is 0. The second kappa shape index (κ2) is 9.76. The van der Waals surface area contributed by atoms with E-state index in [0.717, 1.165) is 12.8 Å². The molecule has 0 spiro atoms. The zero-order valence-corrected chi connectivity index (χ0v) is 12.4. The summed E-state index contributed by atoms with van der Waals surface area (Å²) in [6.07, 6.45) is 8.08. The highest BCUT2D eigenvalue weighted by molar-refractivity contribution is 4.69. The summed E-state index contributed by atoms with van der Waals surface area (Å²) in [6, 6.07) is 0. The molecule has 0 aromatic carbocycles. The van der Waals surface area contributed by atoms with Gasteiger partial charge in [0.15, 0.2) is 0 Å². The Labute approximate surface area is 113 Å². The number of likely N-dealkylation sites (N-methyl/N-ethyl adjacent to an activating group) is 1. The third kappa shape index (κ3) is 7.34. The number of rotatable bonds is 9. The predicted molar refractivity (Wildman–Crippen MR) is 77.9 cm³/mol. The largest absolute Gasteiger partial charge is 0.393 e. The van der Waals surface area contributed by atoms with Crippen molar-refractivity contribution >= 4 is 0 Å². The van der Waals surface area contributed by atoms with Gasteiger partial charge in [-0.3, -0.25) is 0 Å². The first-order valence-corrected chi connectivity index (χ1v) is 7.81. The van der Waals surface area contributed by atoms with Gasteiger partial charge in [-0.2, -0.15) is 0 Å². The molecule has 1 fully saturated rings. The Kier molecular flexibility index (Phi) is 8.64. The predicted octanol–water partition coefficient (Wildman–Crippen LogP) is 2.35. The van der Waals surface area contributed by atoms with Gasteiger partial charge in [0.1, 0.15) is 0 Å². The molecule has 0 amide bonds. The Morgan fingerprint density at radius 3 is 2.28 bits per heavy atom. The van der Waals surface area contributed by atoms with Crippen LogP contribution in [0.2, 0.25) is 0 Å². The molecule has 1 heterocycles. The molecule has 0 saturated carbocycles. The van der Waals surface area contributed by atoms with Gasteiger partial charge in [0.25, 0.3) is 0 Å². The number of piperazine rings is 1. The van der Waals surface area contributed by atoms with E-state index in [-0.39, 0.29) is 6.10 Å². The van der Waals surface area contributed by atoms with Crippen LogP contribution in [0, 0.1) is 0 Å². The lowest BCUT2D eigenvalue weighted by Gasteiger charge is -2.32. The SMILES string of the molecule is CCCC[C@H](O)CCCCCN1CCN(C)CC1. The summed E-state index contributed by atoms with van der Waals surface area (Å²) in [5.41, 5.74) is 0. The molecule has 1 rings (SSSR count). The highest BCUT2D eigenvalue weighted by atomic mass is 16.3. The number of hydrogen-bond donors (Lipinski definition) is 1. The van der Waals surface area contributed by atoms with E-state index in [9.17, 15) is 5.11 Å². The fourth-order valence-corrected chi connectivity index (χ4v) is 2.55. The molecule has 0 aromatic heterocycles. The van der Waals surface area contributed by atoms with E-state index in [1.165, 1.54) is 64.8 Å². The number of aliphatic hydroxyl groups excluding tert-OH is 1. The molecule has 0 aromatic rings. The van der Waals surface area contributed by atoms with E-state index in [0.29, 0.717) is 0 Å². The minimum atomic E-state index is -0.0476. The van der Waals surface area contributed by atoms with Crippen molar-refractivity contribution in [2.75, 3.05) is 39.8 Å². The summed E-state index contributed by atoms with van der Waals surface area (Å²) in [5.74, 6) is 0. The third-order valence-electron chi connectivity index (χ3n) is 4.00. The average Bonchev–Trinajstić information content (AvgIpc) is 2.38. The fourth-order valence-electron chi connectivity index (χ4n) is 2.55. The van der Waals surface area contributed by atoms with Crippen LogP contribution in [0.25, 0.3) is 0 Å². The van der Waals surface area contributed by atoms with Crippen LogP contribution in [0.5, 0.6) is 0 Å². The summed E-state index contributed by atoms with van der Waals surface area (Å²) in [6.45, 7) is 8.33. The van der Waals surface area contributed by atoms with Crippen LogP contribution in [0.1, 0.15) is 51.9 Å². The Bertz CT molecular complexity index is 191. The van der Waals surface area contributed by atoms with Crippen molar-refractivity contribution < 1.29 is 5.11 Å². The molecule has 3 nitrogen and oxygen atoms in total. The van der Waals surface area contributed by atoms with E-state index in [1.807, 2.05) is 0 Å². The van der Waals surface area contributed by atoms with Gasteiger partial charge in [-0.15, -0.1) is 0 Å². The maximum absolute atomic E-state index is 9.74. The van der Waals surface area contributed by atoms with Crippen molar-refractivity contribution in [1.29, 1.82) is 0 Å². The first-order valence-electron chi connectivity index (χ1n) is 7.81. The Balaban J connectivity index is 1.89. The highest BCUT2D eigenvalue weighted by Crippen LogP contribution is 2.10. The van der Waals surface area contributed by atoms with Crippen molar-refractivity contribution in [3.63, 3.8) is 0 Å². The maximum Gasteiger partial charge on any atom is 0.0540 e. The van der Waals surface area contributed by atoms with Gasteiger partial charge >= 0.3 is 0 Å². The van der Waals surface area contributed by atoms with Crippen LogP contribution < -0.4 is 0 Å². The van der Waals surface area contributed by atoms with Crippen LogP contribution in [0.3, 0.4) is 0 Å². The zero-order chi connectivity index (χ0) is 13.2. The zero-order valence-electron chi connectivity index (χ0n) is 12.4. The van der Waals surface area contributed by atoms with E-state index >= 15 is 0 Å². The summed E-state index contributed by atoms with van der Waals surface area (Å²) in [5, 5.41) is 9.74. The summed E-state index contributed by atoms with van der Waals surface area (Å²) in [4.78, 5) is 4.98. The molecule has 0 aliphatic carbocycles. The number of aliphatic hydroxyl groups is 1. The van der Waals surface area contributed by atoms with E-state index < -0.39 is 0 Å². The van der Waals surface area contributed by atoms with Gasteiger partial charge in [0.2, 0.25) is 0 Å². The normalized spacial score (nSPS) is 20.2.